The van der Waals surface area contributed by atoms with Gasteiger partial charge in [-0.2, -0.15) is 0 Å². The SMILES string of the molecule is CCn1ccnc1NC1CNC(=O)C1. The molecular weight excluding hydrogens is 180 g/mol. The van der Waals surface area contributed by atoms with Gasteiger partial charge in [0.1, 0.15) is 0 Å². The summed E-state index contributed by atoms with van der Waals surface area (Å²) in [4.78, 5) is 15.1. The monoisotopic (exact) mass is 194 g/mol. The van der Waals surface area contributed by atoms with Gasteiger partial charge in [-0.05, 0) is 6.92 Å². The molecule has 2 N–H and O–H groups in total. The minimum atomic E-state index is 0.108. The maximum atomic E-state index is 11.0. The molecule has 1 aliphatic rings. The Kier molecular flexibility index (Phi) is 2.39. The van der Waals surface area contributed by atoms with Crippen LogP contribution in [0.25, 0.3) is 0 Å². The number of aromatic nitrogens is 2. The minimum Gasteiger partial charge on any atom is -0.354 e. The van der Waals surface area contributed by atoms with Crippen LogP contribution in [0.5, 0.6) is 0 Å². The van der Waals surface area contributed by atoms with Gasteiger partial charge in [0.2, 0.25) is 11.9 Å². The highest BCUT2D eigenvalue weighted by molar-refractivity contribution is 5.79. The van der Waals surface area contributed by atoms with Gasteiger partial charge >= 0.3 is 0 Å². The number of anilines is 1. The van der Waals surface area contributed by atoms with E-state index in [2.05, 4.69) is 22.5 Å². The highest BCUT2D eigenvalue weighted by Gasteiger charge is 2.21. The standard InChI is InChI=1S/C9H14N4O/c1-2-13-4-3-10-9(13)12-7-5-8(14)11-6-7/h3-4,7H,2,5-6H2,1H3,(H,10,12)(H,11,14). The lowest BCUT2D eigenvalue weighted by Gasteiger charge is -2.11. The first kappa shape index (κ1) is 9.05. The fraction of sp³-hybridized carbons (Fsp3) is 0.556. The summed E-state index contributed by atoms with van der Waals surface area (Å²) in [5.41, 5.74) is 0. The number of carbonyl (C=O) groups excluding carboxylic acids is 1. The lowest BCUT2D eigenvalue weighted by atomic mass is 10.3. The van der Waals surface area contributed by atoms with Gasteiger partial charge in [-0.1, -0.05) is 0 Å². The van der Waals surface area contributed by atoms with E-state index in [4.69, 9.17) is 0 Å². The normalized spacial score (nSPS) is 20.9. The van der Waals surface area contributed by atoms with E-state index in [0.29, 0.717) is 13.0 Å². The number of rotatable bonds is 3. The molecule has 1 fully saturated rings. The van der Waals surface area contributed by atoms with E-state index >= 15 is 0 Å². The smallest absolute Gasteiger partial charge is 0.222 e. The summed E-state index contributed by atoms with van der Waals surface area (Å²) in [6.45, 7) is 3.64. The highest BCUT2D eigenvalue weighted by atomic mass is 16.1. The van der Waals surface area contributed by atoms with E-state index in [0.717, 1.165) is 12.5 Å². The first-order chi connectivity index (χ1) is 6.79. The predicted octanol–water partition coefficient (Wildman–Crippen LogP) is 0.203. The van der Waals surface area contributed by atoms with Crippen LogP contribution in [0.2, 0.25) is 0 Å². The first-order valence-electron chi connectivity index (χ1n) is 4.84. The van der Waals surface area contributed by atoms with Crippen molar-refractivity contribution in [2.45, 2.75) is 25.9 Å². The molecule has 1 aromatic rings. The lowest BCUT2D eigenvalue weighted by molar-refractivity contribution is -0.119. The number of carbonyl (C=O) groups is 1. The van der Waals surface area contributed by atoms with E-state index in [1.54, 1.807) is 6.20 Å². The van der Waals surface area contributed by atoms with Gasteiger partial charge in [-0.3, -0.25) is 4.79 Å². The molecule has 0 spiro atoms. The van der Waals surface area contributed by atoms with Crippen LogP contribution in [-0.2, 0) is 11.3 Å². The summed E-state index contributed by atoms with van der Waals surface area (Å²) in [7, 11) is 0. The number of hydrogen-bond acceptors (Lipinski definition) is 3. The Balaban J connectivity index is 2.00. The summed E-state index contributed by atoms with van der Waals surface area (Å²) in [5.74, 6) is 0.950. The third-order valence-electron chi connectivity index (χ3n) is 2.37. The van der Waals surface area contributed by atoms with Crippen LogP contribution in [0.1, 0.15) is 13.3 Å². The van der Waals surface area contributed by atoms with Gasteiger partial charge in [0.15, 0.2) is 0 Å². The van der Waals surface area contributed by atoms with Crippen molar-refractivity contribution in [3.05, 3.63) is 12.4 Å². The summed E-state index contributed by atoms with van der Waals surface area (Å²) in [6.07, 6.45) is 4.22. The predicted molar refractivity (Wildman–Crippen MR) is 52.9 cm³/mol. The van der Waals surface area contributed by atoms with E-state index in [1.807, 2.05) is 10.8 Å². The molecule has 0 aliphatic carbocycles. The fourth-order valence-corrected chi connectivity index (χ4v) is 1.59. The van der Waals surface area contributed by atoms with Crippen molar-refractivity contribution < 1.29 is 4.79 Å². The molecule has 14 heavy (non-hydrogen) atoms. The van der Waals surface area contributed by atoms with Crippen LogP contribution < -0.4 is 10.6 Å². The summed E-state index contributed by atoms with van der Waals surface area (Å²) in [5, 5.41) is 6.02. The molecule has 5 heteroatoms. The fourth-order valence-electron chi connectivity index (χ4n) is 1.59. The number of aryl methyl sites for hydroxylation is 1. The Labute approximate surface area is 82.5 Å². The number of hydrogen-bond donors (Lipinski definition) is 2. The third kappa shape index (κ3) is 1.71. The lowest BCUT2D eigenvalue weighted by Crippen LogP contribution is -2.24. The molecule has 76 valence electrons. The molecule has 5 nitrogen and oxygen atoms in total. The van der Waals surface area contributed by atoms with Gasteiger partial charge in [0, 0.05) is 31.9 Å². The van der Waals surface area contributed by atoms with Crippen molar-refractivity contribution in [3.63, 3.8) is 0 Å². The van der Waals surface area contributed by atoms with Crippen molar-refractivity contribution in [2.75, 3.05) is 11.9 Å². The summed E-state index contributed by atoms with van der Waals surface area (Å²) < 4.78 is 2.02. The molecule has 2 heterocycles. The van der Waals surface area contributed by atoms with Crippen LogP contribution in [0.15, 0.2) is 12.4 Å². The highest BCUT2D eigenvalue weighted by Crippen LogP contribution is 2.09. The van der Waals surface area contributed by atoms with E-state index in [-0.39, 0.29) is 11.9 Å². The maximum absolute atomic E-state index is 11.0. The molecule has 0 bridgehead atoms. The van der Waals surface area contributed by atoms with Gasteiger partial charge < -0.3 is 15.2 Å². The molecular formula is C9H14N4O. The molecule has 0 saturated carbocycles. The zero-order valence-electron chi connectivity index (χ0n) is 8.16. The van der Waals surface area contributed by atoms with Gasteiger partial charge in [-0.25, -0.2) is 4.98 Å². The van der Waals surface area contributed by atoms with E-state index < -0.39 is 0 Å². The quantitative estimate of drug-likeness (QED) is 0.722. The van der Waals surface area contributed by atoms with E-state index in [1.165, 1.54) is 0 Å². The van der Waals surface area contributed by atoms with Crippen molar-refractivity contribution in [1.82, 2.24) is 14.9 Å². The molecule has 1 aromatic heterocycles. The van der Waals surface area contributed by atoms with Crippen LogP contribution >= 0.6 is 0 Å². The van der Waals surface area contributed by atoms with Crippen molar-refractivity contribution in [3.8, 4) is 0 Å². The van der Waals surface area contributed by atoms with Crippen LogP contribution in [0.3, 0.4) is 0 Å². The van der Waals surface area contributed by atoms with Crippen LogP contribution in [0.4, 0.5) is 5.95 Å². The minimum absolute atomic E-state index is 0.108. The zero-order chi connectivity index (χ0) is 9.97. The molecule has 1 amide bonds. The molecule has 2 rings (SSSR count). The Morgan fingerprint density at radius 3 is 3.29 bits per heavy atom. The second-order valence-electron chi connectivity index (χ2n) is 3.39. The van der Waals surface area contributed by atoms with Crippen molar-refractivity contribution in [2.24, 2.45) is 0 Å². The Bertz CT molecular complexity index is 333. The largest absolute Gasteiger partial charge is 0.354 e. The molecule has 1 unspecified atom stereocenters. The summed E-state index contributed by atoms with van der Waals surface area (Å²) >= 11 is 0. The third-order valence-corrected chi connectivity index (χ3v) is 2.37. The topological polar surface area (TPSA) is 59.0 Å². The molecule has 0 aromatic carbocycles. The average molecular weight is 194 g/mol. The zero-order valence-corrected chi connectivity index (χ0v) is 8.16. The number of nitrogens with zero attached hydrogens (tertiary/aromatic N) is 2. The number of amides is 1. The van der Waals surface area contributed by atoms with Gasteiger partial charge in [0.25, 0.3) is 0 Å². The first-order valence-corrected chi connectivity index (χ1v) is 4.84. The Morgan fingerprint density at radius 1 is 1.79 bits per heavy atom. The Morgan fingerprint density at radius 2 is 2.64 bits per heavy atom. The molecule has 0 radical (unpaired) electrons. The maximum Gasteiger partial charge on any atom is 0.222 e. The van der Waals surface area contributed by atoms with Crippen molar-refractivity contribution >= 4 is 11.9 Å². The van der Waals surface area contributed by atoms with Crippen molar-refractivity contribution in [1.29, 1.82) is 0 Å². The molecule has 1 saturated heterocycles. The number of nitrogens with one attached hydrogen (secondary N) is 2. The Hall–Kier alpha value is -1.52. The van der Waals surface area contributed by atoms with Crippen LogP contribution in [0, 0.1) is 0 Å². The van der Waals surface area contributed by atoms with Crippen LogP contribution in [-0.4, -0.2) is 28.0 Å². The van der Waals surface area contributed by atoms with Gasteiger partial charge in [-0.15, -0.1) is 0 Å². The summed E-state index contributed by atoms with van der Waals surface area (Å²) in [6, 6.07) is 0.176. The van der Waals surface area contributed by atoms with E-state index in [9.17, 15) is 4.79 Å². The average Bonchev–Trinajstić information content (AvgIpc) is 2.76. The number of imidazole rings is 1. The molecule has 1 aliphatic heterocycles. The molecule has 1 atom stereocenters. The second kappa shape index (κ2) is 3.69. The second-order valence-corrected chi connectivity index (χ2v) is 3.39. The van der Waals surface area contributed by atoms with Gasteiger partial charge in [0.05, 0.1) is 6.04 Å².